The molecule has 1 aliphatic carbocycles. The first-order valence-electron chi connectivity index (χ1n) is 6.15. The Kier molecular flexibility index (Phi) is 3.04. The lowest BCUT2D eigenvalue weighted by Gasteiger charge is -2.18. The molecule has 0 spiro atoms. The van der Waals surface area contributed by atoms with Crippen molar-refractivity contribution in [1.29, 1.82) is 0 Å². The molecule has 5 nitrogen and oxygen atoms in total. The third-order valence-corrected chi connectivity index (χ3v) is 3.01. The van der Waals surface area contributed by atoms with Crippen LogP contribution in [0.2, 0.25) is 0 Å². The van der Waals surface area contributed by atoms with E-state index in [-0.39, 0.29) is 0 Å². The van der Waals surface area contributed by atoms with Crippen LogP contribution in [0.25, 0.3) is 5.82 Å². The number of hydrogen-bond acceptors (Lipinski definition) is 4. The van der Waals surface area contributed by atoms with Crippen LogP contribution in [-0.2, 0) is 0 Å². The largest absolute Gasteiger partial charge is 0.364 e. The molecule has 2 aromatic rings. The number of nitrogens with one attached hydrogen (secondary N) is 1. The van der Waals surface area contributed by atoms with E-state index in [1.54, 1.807) is 18.9 Å². The Balaban J connectivity index is 1.78. The van der Waals surface area contributed by atoms with Crippen LogP contribution in [0.1, 0.15) is 19.3 Å². The van der Waals surface area contributed by atoms with Crippen molar-refractivity contribution in [2.24, 2.45) is 0 Å². The Labute approximate surface area is 106 Å². The van der Waals surface area contributed by atoms with Gasteiger partial charge in [-0.1, -0.05) is 12.2 Å². The fourth-order valence-electron chi connectivity index (χ4n) is 2.08. The standard InChI is InChI=1S/C13H15N5/c1-2-4-11(5-3-1)17-12-8-13(16-9-15-12)18-7-6-14-10-18/h2,4,6-11H,1,3,5H2,(H,15,16,17). The van der Waals surface area contributed by atoms with E-state index in [1.165, 1.54) is 12.8 Å². The molecule has 0 saturated heterocycles. The summed E-state index contributed by atoms with van der Waals surface area (Å²) < 4.78 is 1.86. The summed E-state index contributed by atoms with van der Waals surface area (Å²) in [4.78, 5) is 12.5. The molecule has 2 heterocycles. The van der Waals surface area contributed by atoms with Gasteiger partial charge in [0.1, 0.15) is 24.3 Å². The normalized spacial score (nSPS) is 18.8. The molecule has 0 fully saturated rings. The van der Waals surface area contributed by atoms with Gasteiger partial charge >= 0.3 is 0 Å². The lowest BCUT2D eigenvalue weighted by atomic mass is 10.0. The van der Waals surface area contributed by atoms with Gasteiger partial charge in [0.05, 0.1) is 0 Å². The molecular weight excluding hydrogens is 226 g/mol. The van der Waals surface area contributed by atoms with E-state index >= 15 is 0 Å². The van der Waals surface area contributed by atoms with Crippen LogP contribution in [0.15, 0.2) is 43.3 Å². The minimum atomic E-state index is 0.379. The summed E-state index contributed by atoms with van der Waals surface area (Å²) in [6.07, 6.45) is 14.9. The molecule has 92 valence electrons. The molecule has 1 atom stereocenters. The highest BCUT2D eigenvalue weighted by molar-refractivity contribution is 5.42. The monoisotopic (exact) mass is 241 g/mol. The van der Waals surface area contributed by atoms with Gasteiger partial charge in [0.15, 0.2) is 0 Å². The number of rotatable bonds is 3. The lowest BCUT2D eigenvalue weighted by Crippen LogP contribution is -2.19. The fraction of sp³-hybridized carbons (Fsp3) is 0.308. The van der Waals surface area contributed by atoms with Crippen LogP contribution in [0.4, 0.5) is 5.82 Å². The van der Waals surface area contributed by atoms with Crippen molar-refractivity contribution in [3.63, 3.8) is 0 Å². The van der Waals surface area contributed by atoms with E-state index in [9.17, 15) is 0 Å². The van der Waals surface area contributed by atoms with Crippen molar-refractivity contribution in [3.05, 3.63) is 43.3 Å². The Morgan fingerprint density at radius 3 is 3.11 bits per heavy atom. The molecule has 0 radical (unpaired) electrons. The predicted octanol–water partition coefficient (Wildman–Crippen LogP) is 2.18. The maximum atomic E-state index is 4.25. The highest BCUT2D eigenvalue weighted by atomic mass is 15.1. The molecule has 0 aliphatic heterocycles. The highest BCUT2D eigenvalue weighted by Crippen LogP contribution is 2.16. The molecule has 18 heavy (non-hydrogen) atoms. The molecule has 1 aliphatic rings. The molecule has 0 saturated carbocycles. The SMILES string of the molecule is C1=CC(Nc2cc(-n3ccnc3)ncn2)CCC1. The van der Waals surface area contributed by atoms with Crippen molar-refractivity contribution in [2.75, 3.05) is 5.32 Å². The fourth-order valence-corrected chi connectivity index (χ4v) is 2.08. The van der Waals surface area contributed by atoms with Gasteiger partial charge in [-0.25, -0.2) is 15.0 Å². The Morgan fingerprint density at radius 1 is 1.33 bits per heavy atom. The summed E-state index contributed by atoms with van der Waals surface area (Å²) in [5, 5.41) is 3.41. The first kappa shape index (κ1) is 11.0. The summed E-state index contributed by atoms with van der Waals surface area (Å²) in [6.45, 7) is 0. The van der Waals surface area contributed by atoms with Gasteiger partial charge in [0.2, 0.25) is 0 Å². The van der Waals surface area contributed by atoms with E-state index in [4.69, 9.17) is 0 Å². The third kappa shape index (κ3) is 2.40. The van der Waals surface area contributed by atoms with Gasteiger partial charge in [-0.2, -0.15) is 0 Å². The number of imidazole rings is 1. The summed E-state index contributed by atoms with van der Waals surface area (Å²) in [6, 6.07) is 2.31. The molecule has 5 heteroatoms. The Morgan fingerprint density at radius 2 is 2.33 bits per heavy atom. The minimum absolute atomic E-state index is 0.379. The first-order valence-corrected chi connectivity index (χ1v) is 6.15. The molecule has 0 bridgehead atoms. The van der Waals surface area contributed by atoms with E-state index in [2.05, 4.69) is 32.4 Å². The molecule has 1 N–H and O–H groups in total. The lowest BCUT2D eigenvalue weighted by molar-refractivity contribution is 0.671. The molecule has 0 aromatic carbocycles. The average molecular weight is 241 g/mol. The number of nitrogens with zero attached hydrogens (tertiary/aromatic N) is 4. The van der Waals surface area contributed by atoms with Crippen LogP contribution in [0.5, 0.6) is 0 Å². The van der Waals surface area contributed by atoms with Crippen molar-refractivity contribution in [2.45, 2.75) is 25.3 Å². The van der Waals surface area contributed by atoms with Crippen molar-refractivity contribution >= 4 is 5.82 Å². The van der Waals surface area contributed by atoms with Crippen molar-refractivity contribution < 1.29 is 0 Å². The third-order valence-electron chi connectivity index (χ3n) is 3.01. The van der Waals surface area contributed by atoms with Crippen LogP contribution in [0.3, 0.4) is 0 Å². The summed E-state index contributed by atoms with van der Waals surface area (Å²) in [5.41, 5.74) is 0. The van der Waals surface area contributed by atoms with Crippen LogP contribution in [-0.4, -0.2) is 25.6 Å². The molecule has 0 amide bonds. The van der Waals surface area contributed by atoms with Crippen LogP contribution < -0.4 is 5.32 Å². The second-order valence-corrected chi connectivity index (χ2v) is 4.34. The first-order chi connectivity index (χ1) is 8.92. The number of anilines is 1. The van der Waals surface area contributed by atoms with E-state index in [0.29, 0.717) is 6.04 Å². The molecule has 1 unspecified atom stereocenters. The highest BCUT2D eigenvalue weighted by Gasteiger charge is 2.09. The zero-order valence-corrected chi connectivity index (χ0v) is 10.0. The van der Waals surface area contributed by atoms with E-state index in [1.807, 2.05) is 16.8 Å². The smallest absolute Gasteiger partial charge is 0.143 e. The quantitative estimate of drug-likeness (QED) is 0.837. The van der Waals surface area contributed by atoms with Gasteiger partial charge in [-0.3, -0.25) is 4.57 Å². The summed E-state index contributed by atoms with van der Waals surface area (Å²) >= 11 is 0. The van der Waals surface area contributed by atoms with Gasteiger partial charge in [-0.05, 0) is 19.3 Å². The molecule has 3 rings (SSSR count). The van der Waals surface area contributed by atoms with Crippen LogP contribution in [0, 0.1) is 0 Å². The van der Waals surface area contributed by atoms with Crippen molar-refractivity contribution in [3.8, 4) is 5.82 Å². The zero-order valence-electron chi connectivity index (χ0n) is 10.0. The second-order valence-electron chi connectivity index (χ2n) is 4.34. The van der Waals surface area contributed by atoms with Gasteiger partial charge < -0.3 is 5.32 Å². The van der Waals surface area contributed by atoms with E-state index < -0.39 is 0 Å². The van der Waals surface area contributed by atoms with Gasteiger partial charge in [-0.15, -0.1) is 0 Å². The summed E-state index contributed by atoms with van der Waals surface area (Å²) in [5.74, 6) is 1.68. The number of aromatic nitrogens is 4. The molecular formula is C13H15N5. The van der Waals surface area contributed by atoms with E-state index in [0.717, 1.165) is 18.1 Å². The Bertz CT molecular complexity index is 532. The van der Waals surface area contributed by atoms with Crippen molar-refractivity contribution in [1.82, 2.24) is 19.5 Å². The minimum Gasteiger partial charge on any atom is -0.364 e. The topological polar surface area (TPSA) is 55.6 Å². The maximum absolute atomic E-state index is 4.25. The van der Waals surface area contributed by atoms with Gasteiger partial charge in [0, 0.05) is 24.5 Å². The zero-order chi connectivity index (χ0) is 12.2. The molecule has 2 aromatic heterocycles. The Hall–Kier alpha value is -2.17. The number of allylic oxidation sites excluding steroid dienone is 1. The second kappa shape index (κ2) is 5.00. The summed E-state index contributed by atoms with van der Waals surface area (Å²) in [7, 11) is 0. The van der Waals surface area contributed by atoms with Crippen LogP contribution >= 0.6 is 0 Å². The van der Waals surface area contributed by atoms with Gasteiger partial charge in [0.25, 0.3) is 0 Å². The maximum Gasteiger partial charge on any atom is 0.143 e. The predicted molar refractivity (Wildman–Crippen MR) is 69.6 cm³/mol. The average Bonchev–Trinajstić information content (AvgIpc) is 2.94. The number of hydrogen-bond donors (Lipinski definition) is 1.